The number of H-pyrrole nitrogens is 1. The summed E-state index contributed by atoms with van der Waals surface area (Å²) in [5.74, 6) is 1.65. The molecule has 0 unspecified atom stereocenters. The van der Waals surface area contributed by atoms with Crippen molar-refractivity contribution in [2.45, 2.75) is 0 Å². The molecule has 0 aliphatic heterocycles. The van der Waals surface area contributed by atoms with Crippen molar-refractivity contribution in [3.8, 4) is 11.5 Å². The van der Waals surface area contributed by atoms with Gasteiger partial charge in [-0.25, -0.2) is 0 Å². The number of hydrogen-bond acceptors (Lipinski definition) is 1. The summed E-state index contributed by atoms with van der Waals surface area (Å²) in [4.78, 5) is 3.20. The highest BCUT2D eigenvalue weighted by atomic mass is 79.9. The summed E-state index contributed by atoms with van der Waals surface area (Å²) in [7, 11) is 0. The summed E-state index contributed by atoms with van der Waals surface area (Å²) >= 11 is 6.85. The zero-order valence-corrected chi connectivity index (χ0v) is 12.5. The molecule has 90 valence electrons. The largest absolute Gasteiger partial charge is 0.455 e. The molecule has 0 aliphatic carbocycles. The predicted octanol–water partition coefficient (Wildman–Crippen LogP) is 5.49. The lowest BCUT2D eigenvalue weighted by Crippen LogP contribution is -1.81. The third-order valence-electron chi connectivity index (χ3n) is 2.65. The fourth-order valence-corrected chi connectivity index (χ4v) is 2.41. The van der Waals surface area contributed by atoms with E-state index in [1.54, 1.807) is 0 Å². The van der Waals surface area contributed by atoms with E-state index in [9.17, 15) is 0 Å². The number of ether oxygens (including phenoxy) is 1. The van der Waals surface area contributed by atoms with Crippen LogP contribution in [0.4, 0.5) is 0 Å². The molecule has 1 heterocycles. The Hall–Kier alpha value is -1.26. The SMILES string of the molecule is Brc1ccc(Oc2c[nH]c3cc(Br)ccc23)cc1. The maximum atomic E-state index is 5.86. The molecule has 0 radical (unpaired) electrons. The molecule has 2 nitrogen and oxygen atoms in total. The van der Waals surface area contributed by atoms with E-state index in [0.29, 0.717) is 0 Å². The molecule has 18 heavy (non-hydrogen) atoms. The average Bonchev–Trinajstić information content (AvgIpc) is 2.74. The number of fused-ring (bicyclic) bond motifs is 1. The van der Waals surface area contributed by atoms with Crippen LogP contribution >= 0.6 is 31.9 Å². The Morgan fingerprint density at radius 1 is 0.889 bits per heavy atom. The van der Waals surface area contributed by atoms with Crippen molar-refractivity contribution < 1.29 is 4.74 Å². The first-order chi connectivity index (χ1) is 8.72. The molecule has 3 aromatic rings. The molecular weight excluding hydrogens is 358 g/mol. The molecule has 0 saturated heterocycles. The molecule has 0 saturated carbocycles. The van der Waals surface area contributed by atoms with Gasteiger partial charge in [0, 0.05) is 20.5 Å². The Bertz CT molecular complexity index is 689. The van der Waals surface area contributed by atoms with Gasteiger partial charge in [-0.3, -0.25) is 0 Å². The summed E-state index contributed by atoms with van der Waals surface area (Å²) < 4.78 is 7.95. The molecule has 4 heteroatoms. The standard InChI is InChI=1S/C14H9Br2NO/c15-9-1-4-11(5-2-9)18-14-8-17-13-7-10(16)3-6-12(13)14/h1-8,17H. The van der Waals surface area contributed by atoms with Gasteiger partial charge in [0.2, 0.25) is 0 Å². The van der Waals surface area contributed by atoms with Crippen LogP contribution in [-0.2, 0) is 0 Å². The van der Waals surface area contributed by atoms with Crippen molar-refractivity contribution in [1.82, 2.24) is 4.98 Å². The Kier molecular flexibility index (Phi) is 3.14. The number of aromatic nitrogens is 1. The maximum absolute atomic E-state index is 5.86. The molecule has 2 aromatic carbocycles. The normalized spacial score (nSPS) is 10.8. The molecular formula is C14H9Br2NO. The average molecular weight is 367 g/mol. The third-order valence-corrected chi connectivity index (χ3v) is 3.67. The molecule has 0 spiro atoms. The predicted molar refractivity (Wildman–Crippen MR) is 80.2 cm³/mol. The van der Waals surface area contributed by atoms with Crippen LogP contribution in [-0.4, -0.2) is 4.98 Å². The van der Waals surface area contributed by atoms with Crippen molar-refractivity contribution in [2.24, 2.45) is 0 Å². The lowest BCUT2D eigenvalue weighted by Gasteiger charge is -2.04. The third kappa shape index (κ3) is 2.31. The fourth-order valence-electron chi connectivity index (χ4n) is 1.79. The van der Waals surface area contributed by atoms with E-state index in [1.165, 1.54) is 0 Å². The number of rotatable bonds is 2. The topological polar surface area (TPSA) is 25.0 Å². The number of nitrogens with one attached hydrogen (secondary N) is 1. The first kappa shape index (κ1) is 11.8. The van der Waals surface area contributed by atoms with Crippen LogP contribution in [0.2, 0.25) is 0 Å². The van der Waals surface area contributed by atoms with E-state index in [0.717, 1.165) is 31.3 Å². The maximum Gasteiger partial charge on any atom is 0.152 e. The minimum absolute atomic E-state index is 0.821. The van der Waals surface area contributed by atoms with E-state index in [1.807, 2.05) is 48.7 Å². The van der Waals surface area contributed by atoms with Crippen LogP contribution < -0.4 is 4.74 Å². The van der Waals surface area contributed by atoms with Crippen molar-refractivity contribution in [1.29, 1.82) is 0 Å². The summed E-state index contributed by atoms with van der Waals surface area (Å²) in [6.45, 7) is 0. The van der Waals surface area contributed by atoms with Crippen molar-refractivity contribution >= 4 is 42.8 Å². The van der Waals surface area contributed by atoms with E-state index in [2.05, 4.69) is 36.8 Å². The van der Waals surface area contributed by atoms with Gasteiger partial charge in [0.25, 0.3) is 0 Å². The number of aromatic amines is 1. The lowest BCUT2D eigenvalue weighted by molar-refractivity contribution is 0.488. The Balaban J connectivity index is 1.97. The Labute approximate surface area is 121 Å². The molecule has 0 aliphatic rings. The van der Waals surface area contributed by atoms with E-state index >= 15 is 0 Å². The van der Waals surface area contributed by atoms with Crippen LogP contribution in [0.3, 0.4) is 0 Å². The van der Waals surface area contributed by atoms with E-state index in [4.69, 9.17) is 4.74 Å². The second-order valence-electron chi connectivity index (χ2n) is 3.90. The van der Waals surface area contributed by atoms with Gasteiger partial charge in [-0.15, -0.1) is 0 Å². The van der Waals surface area contributed by atoms with E-state index in [-0.39, 0.29) is 0 Å². The molecule has 0 atom stereocenters. The van der Waals surface area contributed by atoms with E-state index < -0.39 is 0 Å². The monoisotopic (exact) mass is 365 g/mol. The van der Waals surface area contributed by atoms with Gasteiger partial charge in [0.1, 0.15) is 5.75 Å². The molecule has 0 bridgehead atoms. The Morgan fingerprint density at radius 3 is 2.39 bits per heavy atom. The van der Waals surface area contributed by atoms with Crippen LogP contribution in [0, 0.1) is 0 Å². The van der Waals surface area contributed by atoms with Crippen molar-refractivity contribution in [2.75, 3.05) is 0 Å². The van der Waals surface area contributed by atoms with Gasteiger partial charge >= 0.3 is 0 Å². The number of hydrogen-bond donors (Lipinski definition) is 1. The quantitative estimate of drug-likeness (QED) is 0.637. The minimum Gasteiger partial charge on any atom is -0.455 e. The van der Waals surface area contributed by atoms with Crippen LogP contribution in [0.1, 0.15) is 0 Å². The molecule has 3 rings (SSSR count). The van der Waals surface area contributed by atoms with Crippen molar-refractivity contribution in [3.05, 3.63) is 57.6 Å². The molecule has 0 fully saturated rings. The summed E-state index contributed by atoms with van der Waals surface area (Å²) in [6.07, 6.45) is 1.87. The van der Waals surface area contributed by atoms with Crippen molar-refractivity contribution in [3.63, 3.8) is 0 Å². The minimum atomic E-state index is 0.821. The molecule has 1 aromatic heterocycles. The second-order valence-corrected chi connectivity index (χ2v) is 5.73. The zero-order valence-electron chi connectivity index (χ0n) is 9.28. The van der Waals surface area contributed by atoms with Crippen LogP contribution in [0.25, 0.3) is 10.9 Å². The summed E-state index contributed by atoms with van der Waals surface area (Å²) in [5.41, 5.74) is 1.05. The smallest absolute Gasteiger partial charge is 0.152 e. The summed E-state index contributed by atoms with van der Waals surface area (Å²) in [5, 5.41) is 1.07. The first-order valence-corrected chi connectivity index (χ1v) is 7.01. The molecule has 0 amide bonds. The van der Waals surface area contributed by atoms with Gasteiger partial charge in [-0.1, -0.05) is 31.9 Å². The lowest BCUT2D eigenvalue weighted by atomic mass is 10.2. The highest BCUT2D eigenvalue weighted by molar-refractivity contribution is 9.10. The van der Waals surface area contributed by atoms with Gasteiger partial charge in [0.05, 0.1) is 5.52 Å². The second kappa shape index (κ2) is 4.78. The number of halogens is 2. The highest BCUT2D eigenvalue weighted by Gasteiger charge is 2.06. The zero-order chi connectivity index (χ0) is 12.5. The van der Waals surface area contributed by atoms with Crippen LogP contribution in [0.5, 0.6) is 11.5 Å². The van der Waals surface area contributed by atoms with Gasteiger partial charge in [0.15, 0.2) is 5.75 Å². The van der Waals surface area contributed by atoms with Gasteiger partial charge in [-0.05, 0) is 42.5 Å². The summed E-state index contributed by atoms with van der Waals surface area (Å²) in [6, 6.07) is 13.9. The van der Waals surface area contributed by atoms with Crippen LogP contribution in [0.15, 0.2) is 57.6 Å². The highest BCUT2D eigenvalue weighted by Crippen LogP contribution is 2.31. The number of benzene rings is 2. The first-order valence-electron chi connectivity index (χ1n) is 5.42. The van der Waals surface area contributed by atoms with Gasteiger partial charge < -0.3 is 9.72 Å². The van der Waals surface area contributed by atoms with Gasteiger partial charge in [-0.2, -0.15) is 0 Å². The fraction of sp³-hybridized carbons (Fsp3) is 0. The Morgan fingerprint density at radius 2 is 1.61 bits per heavy atom. The molecule has 1 N–H and O–H groups in total.